The molecule has 120 valence electrons. The molecular weight excluding hydrogens is 360 g/mol. The number of benzene rings is 2. The maximum Gasteiger partial charge on any atom is 0.272 e. The summed E-state index contributed by atoms with van der Waals surface area (Å²) in [5.41, 5.74) is 3.73. The molecular formula is C17H17BrN2O3. The lowest BCUT2D eigenvalue weighted by Gasteiger charge is -2.08. The summed E-state index contributed by atoms with van der Waals surface area (Å²) < 4.78 is 11.4. The Morgan fingerprint density at radius 3 is 2.78 bits per heavy atom. The molecule has 0 spiro atoms. The van der Waals surface area contributed by atoms with Crippen LogP contribution in [0.25, 0.3) is 0 Å². The molecule has 6 heteroatoms. The summed E-state index contributed by atoms with van der Waals surface area (Å²) in [6.45, 7) is 2.44. The van der Waals surface area contributed by atoms with Gasteiger partial charge in [-0.2, -0.15) is 5.10 Å². The van der Waals surface area contributed by atoms with Gasteiger partial charge in [0.25, 0.3) is 5.91 Å². The van der Waals surface area contributed by atoms with Crippen LogP contribution < -0.4 is 14.9 Å². The van der Waals surface area contributed by atoms with E-state index in [9.17, 15) is 4.79 Å². The summed E-state index contributed by atoms with van der Waals surface area (Å²) in [4.78, 5) is 12.1. The molecule has 0 saturated carbocycles. The Kier molecular flexibility index (Phi) is 6.17. The van der Waals surface area contributed by atoms with Crippen LogP contribution in [0.1, 0.15) is 22.8 Å². The molecule has 0 aromatic heterocycles. The van der Waals surface area contributed by atoms with Gasteiger partial charge in [-0.25, -0.2) is 5.43 Å². The second-order valence-corrected chi connectivity index (χ2v) is 5.37. The number of halogens is 1. The molecule has 0 aliphatic carbocycles. The number of ether oxygens (including phenoxy) is 2. The first-order chi connectivity index (χ1) is 11.2. The van der Waals surface area contributed by atoms with Gasteiger partial charge in [-0.05, 0) is 53.2 Å². The summed E-state index contributed by atoms with van der Waals surface area (Å²) in [6.07, 6.45) is 1.53. The van der Waals surface area contributed by atoms with Crippen molar-refractivity contribution in [2.24, 2.45) is 5.10 Å². The van der Waals surface area contributed by atoms with E-state index in [0.29, 0.717) is 28.1 Å². The zero-order chi connectivity index (χ0) is 16.7. The number of amides is 1. The van der Waals surface area contributed by atoms with Crippen LogP contribution in [-0.2, 0) is 0 Å². The van der Waals surface area contributed by atoms with Crippen molar-refractivity contribution < 1.29 is 14.3 Å². The van der Waals surface area contributed by atoms with E-state index >= 15 is 0 Å². The van der Waals surface area contributed by atoms with Crippen LogP contribution in [0.5, 0.6) is 11.5 Å². The molecule has 2 rings (SSSR count). The lowest BCUT2D eigenvalue weighted by Crippen LogP contribution is -2.18. The first kappa shape index (κ1) is 17.0. The fraction of sp³-hybridized carbons (Fsp3) is 0.176. The first-order valence-electron chi connectivity index (χ1n) is 7.04. The zero-order valence-corrected chi connectivity index (χ0v) is 14.5. The second-order valence-electron chi connectivity index (χ2n) is 4.52. The van der Waals surface area contributed by atoms with Gasteiger partial charge in [-0.15, -0.1) is 0 Å². The monoisotopic (exact) mass is 376 g/mol. The third kappa shape index (κ3) is 4.56. The molecule has 23 heavy (non-hydrogen) atoms. The van der Waals surface area contributed by atoms with Crippen LogP contribution in [0.2, 0.25) is 0 Å². The normalized spacial score (nSPS) is 10.6. The van der Waals surface area contributed by atoms with Gasteiger partial charge in [0, 0.05) is 10.0 Å². The number of carbonyl (C=O) groups excluding carboxylic acids is 1. The van der Waals surface area contributed by atoms with E-state index in [0.717, 1.165) is 5.56 Å². The predicted molar refractivity (Wildman–Crippen MR) is 93.4 cm³/mol. The number of hydrazone groups is 1. The fourth-order valence-corrected chi connectivity index (χ4v) is 2.37. The Morgan fingerprint density at radius 1 is 1.30 bits per heavy atom. The molecule has 2 aromatic carbocycles. The largest absolute Gasteiger partial charge is 0.497 e. The maximum atomic E-state index is 12.1. The van der Waals surface area contributed by atoms with E-state index in [1.54, 1.807) is 37.4 Å². The predicted octanol–water partition coefficient (Wildman–Crippen LogP) is 3.62. The Balaban J connectivity index is 2.13. The van der Waals surface area contributed by atoms with Gasteiger partial charge < -0.3 is 9.47 Å². The highest BCUT2D eigenvalue weighted by atomic mass is 79.9. The third-order valence-corrected chi connectivity index (χ3v) is 3.70. The van der Waals surface area contributed by atoms with E-state index in [-0.39, 0.29) is 5.91 Å². The van der Waals surface area contributed by atoms with Crippen molar-refractivity contribution in [3.8, 4) is 11.5 Å². The average Bonchev–Trinajstić information content (AvgIpc) is 2.56. The molecule has 0 fully saturated rings. The van der Waals surface area contributed by atoms with Gasteiger partial charge in [0.1, 0.15) is 11.5 Å². The molecule has 0 bridgehead atoms. The lowest BCUT2D eigenvalue weighted by atomic mass is 10.2. The fourth-order valence-electron chi connectivity index (χ4n) is 1.91. The number of nitrogens with one attached hydrogen (secondary N) is 1. The topological polar surface area (TPSA) is 59.9 Å². The van der Waals surface area contributed by atoms with Gasteiger partial charge >= 0.3 is 0 Å². The molecule has 0 unspecified atom stereocenters. The molecule has 1 N–H and O–H groups in total. The van der Waals surface area contributed by atoms with Gasteiger partial charge in [0.15, 0.2) is 0 Å². The summed E-state index contributed by atoms with van der Waals surface area (Å²) in [5, 5.41) is 4.00. The Labute approximate surface area is 143 Å². The molecule has 0 heterocycles. The van der Waals surface area contributed by atoms with Gasteiger partial charge in [-0.1, -0.05) is 12.1 Å². The maximum absolute atomic E-state index is 12.1. The van der Waals surface area contributed by atoms with Crippen LogP contribution >= 0.6 is 15.9 Å². The molecule has 0 radical (unpaired) electrons. The standard InChI is InChI=1S/C17H17BrN2O3/c1-3-23-16-9-8-13(22-2)10-12(16)11-19-20-17(21)14-6-4-5-7-15(14)18/h4-11H,3H2,1-2H3,(H,20,21). The van der Waals surface area contributed by atoms with Crippen molar-refractivity contribution in [3.63, 3.8) is 0 Å². The highest BCUT2D eigenvalue weighted by Crippen LogP contribution is 2.22. The smallest absolute Gasteiger partial charge is 0.272 e. The number of nitrogens with zero attached hydrogens (tertiary/aromatic N) is 1. The highest BCUT2D eigenvalue weighted by molar-refractivity contribution is 9.10. The molecule has 0 atom stereocenters. The van der Waals surface area contributed by atoms with Crippen molar-refractivity contribution >= 4 is 28.1 Å². The van der Waals surface area contributed by atoms with Crippen LogP contribution in [0.4, 0.5) is 0 Å². The van der Waals surface area contributed by atoms with E-state index in [1.807, 2.05) is 19.1 Å². The minimum atomic E-state index is -0.297. The van der Waals surface area contributed by atoms with Gasteiger partial charge in [-0.3, -0.25) is 4.79 Å². The average molecular weight is 377 g/mol. The lowest BCUT2D eigenvalue weighted by molar-refractivity contribution is 0.0954. The number of hydrogen-bond acceptors (Lipinski definition) is 4. The zero-order valence-electron chi connectivity index (χ0n) is 12.9. The number of rotatable bonds is 6. The Bertz CT molecular complexity index is 717. The van der Waals surface area contributed by atoms with Gasteiger partial charge in [0.2, 0.25) is 0 Å². The van der Waals surface area contributed by atoms with E-state index in [4.69, 9.17) is 9.47 Å². The molecule has 2 aromatic rings. The quantitative estimate of drug-likeness (QED) is 0.618. The van der Waals surface area contributed by atoms with E-state index < -0.39 is 0 Å². The van der Waals surface area contributed by atoms with Crippen molar-refractivity contribution in [2.75, 3.05) is 13.7 Å². The van der Waals surface area contributed by atoms with Crippen molar-refractivity contribution in [2.45, 2.75) is 6.92 Å². The summed E-state index contributed by atoms with van der Waals surface area (Å²) >= 11 is 3.34. The first-order valence-corrected chi connectivity index (χ1v) is 7.83. The summed E-state index contributed by atoms with van der Waals surface area (Å²) in [7, 11) is 1.59. The summed E-state index contributed by atoms with van der Waals surface area (Å²) in [6, 6.07) is 12.5. The second kappa shape index (κ2) is 8.33. The third-order valence-electron chi connectivity index (χ3n) is 3.01. The molecule has 0 aliphatic rings. The highest BCUT2D eigenvalue weighted by Gasteiger charge is 2.08. The SMILES string of the molecule is CCOc1ccc(OC)cc1C=NNC(=O)c1ccccc1Br. The number of hydrogen-bond donors (Lipinski definition) is 1. The van der Waals surface area contributed by atoms with Crippen LogP contribution in [-0.4, -0.2) is 25.8 Å². The van der Waals surface area contributed by atoms with Crippen molar-refractivity contribution in [1.82, 2.24) is 5.43 Å². The number of methoxy groups -OCH3 is 1. The molecule has 0 saturated heterocycles. The minimum Gasteiger partial charge on any atom is -0.497 e. The minimum absolute atomic E-state index is 0.297. The Morgan fingerprint density at radius 2 is 2.09 bits per heavy atom. The van der Waals surface area contributed by atoms with Crippen LogP contribution in [0.3, 0.4) is 0 Å². The molecule has 1 amide bonds. The van der Waals surface area contributed by atoms with Crippen molar-refractivity contribution in [1.29, 1.82) is 0 Å². The van der Waals surface area contributed by atoms with Gasteiger partial charge in [0.05, 0.1) is 25.5 Å². The Hall–Kier alpha value is -2.34. The molecule has 5 nitrogen and oxygen atoms in total. The summed E-state index contributed by atoms with van der Waals surface area (Å²) in [5.74, 6) is 1.06. The van der Waals surface area contributed by atoms with E-state index in [2.05, 4.69) is 26.5 Å². The molecule has 0 aliphatic heterocycles. The number of carbonyl (C=O) groups is 1. The van der Waals surface area contributed by atoms with E-state index in [1.165, 1.54) is 6.21 Å². The van der Waals surface area contributed by atoms with Crippen LogP contribution in [0, 0.1) is 0 Å². The van der Waals surface area contributed by atoms with Crippen molar-refractivity contribution in [3.05, 3.63) is 58.1 Å². The van der Waals surface area contributed by atoms with Crippen LogP contribution in [0.15, 0.2) is 52.0 Å².